The van der Waals surface area contributed by atoms with Gasteiger partial charge < -0.3 is 10.1 Å². The smallest absolute Gasteiger partial charge is 0.266 e. The Balaban J connectivity index is 1.46. The molecule has 0 bridgehead atoms. The summed E-state index contributed by atoms with van der Waals surface area (Å²) >= 11 is 1.08. The number of para-hydroxylation sites is 2. The lowest BCUT2D eigenvalue weighted by Gasteiger charge is -2.14. The van der Waals surface area contributed by atoms with Crippen LogP contribution in [0.1, 0.15) is 5.56 Å². The topological polar surface area (TPSA) is 73.2 Å². The Hall–Kier alpha value is -3.65. The number of rotatable bonds is 8. The summed E-state index contributed by atoms with van der Waals surface area (Å²) in [7, 11) is 0. The van der Waals surface area contributed by atoms with Crippen molar-refractivity contribution in [3.8, 4) is 11.4 Å². The molecule has 3 aromatic carbocycles. The van der Waals surface area contributed by atoms with E-state index in [2.05, 4.69) is 10.3 Å². The zero-order valence-corrected chi connectivity index (χ0v) is 18.8. The van der Waals surface area contributed by atoms with Gasteiger partial charge in [0.05, 0.1) is 28.9 Å². The Morgan fingerprint density at radius 2 is 1.88 bits per heavy atom. The fourth-order valence-corrected chi connectivity index (χ4v) is 4.14. The molecule has 168 valence electrons. The highest BCUT2D eigenvalue weighted by atomic mass is 32.2. The van der Waals surface area contributed by atoms with Crippen molar-refractivity contribution >= 4 is 28.6 Å². The largest absolute Gasteiger partial charge is 0.492 e. The van der Waals surface area contributed by atoms with Gasteiger partial charge in [-0.1, -0.05) is 48.2 Å². The van der Waals surface area contributed by atoms with Crippen molar-refractivity contribution in [2.24, 2.45) is 0 Å². The highest BCUT2D eigenvalue weighted by Crippen LogP contribution is 2.22. The molecule has 0 saturated carbocycles. The van der Waals surface area contributed by atoms with Gasteiger partial charge in [0.2, 0.25) is 5.91 Å². The first-order chi connectivity index (χ1) is 16.0. The van der Waals surface area contributed by atoms with Gasteiger partial charge in [-0.05, 0) is 48.9 Å². The van der Waals surface area contributed by atoms with E-state index in [0.717, 1.165) is 23.1 Å². The molecule has 4 rings (SSSR count). The molecule has 1 N–H and O–H groups in total. The van der Waals surface area contributed by atoms with Crippen LogP contribution in [0, 0.1) is 12.7 Å². The number of nitrogens with zero attached hydrogens (tertiary/aromatic N) is 2. The predicted octanol–water partition coefficient (Wildman–Crippen LogP) is 4.12. The average molecular weight is 464 g/mol. The zero-order chi connectivity index (χ0) is 23.2. The Bertz CT molecular complexity index is 1360. The second kappa shape index (κ2) is 10.3. The monoisotopic (exact) mass is 463 g/mol. The fraction of sp³-hybridized carbons (Fsp3) is 0.160. The minimum absolute atomic E-state index is 0.0175. The molecule has 33 heavy (non-hydrogen) atoms. The number of hydrogen-bond acceptors (Lipinski definition) is 5. The van der Waals surface area contributed by atoms with Crippen LogP contribution < -0.4 is 15.6 Å². The number of aromatic nitrogens is 2. The van der Waals surface area contributed by atoms with Gasteiger partial charge in [0.15, 0.2) is 5.16 Å². The van der Waals surface area contributed by atoms with Crippen molar-refractivity contribution in [3.63, 3.8) is 0 Å². The van der Waals surface area contributed by atoms with E-state index in [1.165, 1.54) is 16.7 Å². The highest BCUT2D eigenvalue weighted by Gasteiger charge is 2.17. The Morgan fingerprint density at radius 3 is 2.70 bits per heavy atom. The molecular weight excluding hydrogens is 441 g/mol. The van der Waals surface area contributed by atoms with E-state index in [4.69, 9.17) is 4.74 Å². The number of halogens is 1. The number of carbonyl (C=O) groups is 1. The van der Waals surface area contributed by atoms with Crippen LogP contribution in [0.2, 0.25) is 0 Å². The van der Waals surface area contributed by atoms with Crippen molar-refractivity contribution in [2.45, 2.75) is 12.1 Å². The lowest BCUT2D eigenvalue weighted by atomic mass is 10.2. The van der Waals surface area contributed by atoms with E-state index in [9.17, 15) is 14.0 Å². The van der Waals surface area contributed by atoms with Gasteiger partial charge in [0.25, 0.3) is 5.56 Å². The summed E-state index contributed by atoms with van der Waals surface area (Å²) in [6.07, 6.45) is 0. The van der Waals surface area contributed by atoms with Crippen LogP contribution in [0.25, 0.3) is 16.6 Å². The number of fused-ring (bicyclic) bond motifs is 1. The Kier molecular flexibility index (Phi) is 7.04. The van der Waals surface area contributed by atoms with Crippen molar-refractivity contribution in [3.05, 3.63) is 94.5 Å². The molecule has 0 aliphatic heterocycles. The molecule has 1 aromatic heterocycles. The third-order valence-electron chi connectivity index (χ3n) is 4.85. The molecule has 0 unspecified atom stereocenters. The molecular formula is C25H22FN3O3S. The van der Waals surface area contributed by atoms with Crippen molar-refractivity contribution in [1.29, 1.82) is 0 Å². The van der Waals surface area contributed by atoms with Crippen molar-refractivity contribution < 1.29 is 13.9 Å². The summed E-state index contributed by atoms with van der Waals surface area (Å²) in [4.78, 5) is 30.0. The summed E-state index contributed by atoms with van der Waals surface area (Å²) in [5.74, 6) is -0.0246. The standard InChI is InChI=1S/C25H22FN3O3S/c1-17-7-6-8-18(15-17)32-14-13-27-23(30)16-33-25-28-21-11-4-2-9-19(21)24(31)29(25)22-12-5-3-10-20(22)26/h2-12,15H,13-14,16H2,1H3,(H,27,30). The maximum atomic E-state index is 14.5. The second-order valence-electron chi connectivity index (χ2n) is 7.31. The van der Waals surface area contributed by atoms with Gasteiger partial charge in [-0.3, -0.25) is 14.2 Å². The normalized spacial score (nSPS) is 10.8. The SMILES string of the molecule is Cc1cccc(OCCNC(=O)CSc2nc3ccccc3c(=O)n2-c2ccccc2F)c1. The lowest BCUT2D eigenvalue weighted by Crippen LogP contribution is -2.30. The van der Waals surface area contributed by atoms with Gasteiger partial charge in [-0.25, -0.2) is 9.37 Å². The first-order valence-corrected chi connectivity index (χ1v) is 11.4. The van der Waals surface area contributed by atoms with Crippen molar-refractivity contribution in [1.82, 2.24) is 14.9 Å². The molecule has 8 heteroatoms. The zero-order valence-electron chi connectivity index (χ0n) is 18.0. The molecule has 0 fully saturated rings. The van der Waals surface area contributed by atoms with Crippen LogP contribution in [0.4, 0.5) is 4.39 Å². The number of hydrogen-bond donors (Lipinski definition) is 1. The van der Waals surface area contributed by atoms with Gasteiger partial charge in [-0.15, -0.1) is 0 Å². The predicted molar refractivity (Wildman–Crippen MR) is 128 cm³/mol. The van der Waals surface area contributed by atoms with Gasteiger partial charge in [0, 0.05) is 0 Å². The fourth-order valence-electron chi connectivity index (χ4n) is 3.30. The summed E-state index contributed by atoms with van der Waals surface area (Å²) in [6.45, 7) is 2.64. The van der Waals surface area contributed by atoms with Crippen LogP contribution in [0.3, 0.4) is 0 Å². The van der Waals surface area contributed by atoms with E-state index in [0.29, 0.717) is 24.1 Å². The first-order valence-electron chi connectivity index (χ1n) is 10.4. The summed E-state index contributed by atoms with van der Waals surface area (Å²) in [6, 6.07) is 20.5. The second-order valence-corrected chi connectivity index (χ2v) is 8.25. The van der Waals surface area contributed by atoms with Crippen LogP contribution in [-0.4, -0.2) is 34.4 Å². The van der Waals surface area contributed by atoms with E-state index in [1.54, 1.807) is 36.4 Å². The summed E-state index contributed by atoms with van der Waals surface area (Å²) < 4.78 is 21.4. The number of nitrogens with one attached hydrogen (secondary N) is 1. The van der Waals surface area contributed by atoms with E-state index >= 15 is 0 Å². The van der Waals surface area contributed by atoms with Crippen LogP contribution >= 0.6 is 11.8 Å². The number of benzene rings is 3. The number of aryl methyl sites for hydroxylation is 1. The maximum absolute atomic E-state index is 14.5. The molecule has 6 nitrogen and oxygen atoms in total. The van der Waals surface area contributed by atoms with Gasteiger partial charge in [-0.2, -0.15) is 0 Å². The van der Waals surface area contributed by atoms with Crippen LogP contribution in [0.15, 0.2) is 82.7 Å². The first kappa shape index (κ1) is 22.5. The number of amides is 1. The molecule has 1 heterocycles. The minimum atomic E-state index is -0.545. The highest BCUT2D eigenvalue weighted by molar-refractivity contribution is 7.99. The third kappa shape index (κ3) is 5.40. The maximum Gasteiger partial charge on any atom is 0.266 e. The Morgan fingerprint density at radius 1 is 1.09 bits per heavy atom. The van der Waals surface area contributed by atoms with E-state index in [1.807, 2.05) is 31.2 Å². The number of thioether (sulfide) groups is 1. The minimum Gasteiger partial charge on any atom is -0.492 e. The molecule has 0 atom stereocenters. The van der Waals surface area contributed by atoms with Crippen molar-refractivity contribution in [2.75, 3.05) is 18.9 Å². The summed E-state index contributed by atoms with van der Waals surface area (Å²) in [5.41, 5.74) is 1.29. The molecule has 0 spiro atoms. The van der Waals surface area contributed by atoms with E-state index < -0.39 is 5.82 Å². The number of ether oxygens (including phenoxy) is 1. The summed E-state index contributed by atoms with van der Waals surface area (Å²) in [5, 5.41) is 3.41. The quantitative estimate of drug-likeness (QED) is 0.242. The van der Waals surface area contributed by atoms with E-state index in [-0.39, 0.29) is 28.1 Å². The molecule has 4 aromatic rings. The number of carbonyl (C=O) groups excluding carboxylic acids is 1. The average Bonchev–Trinajstić information content (AvgIpc) is 2.81. The molecule has 0 aliphatic rings. The lowest BCUT2D eigenvalue weighted by molar-refractivity contribution is -0.118. The molecule has 0 aliphatic carbocycles. The third-order valence-corrected chi connectivity index (χ3v) is 5.79. The molecule has 0 saturated heterocycles. The van der Waals surface area contributed by atoms with Gasteiger partial charge >= 0.3 is 0 Å². The molecule has 0 radical (unpaired) electrons. The molecule has 1 amide bonds. The Labute approximate surface area is 194 Å². The van der Waals surface area contributed by atoms with Crippen LogP contribution in [-0.2, 0) is 4.79 Å². The van der Waals surface area contributed by atoms with Gasteiger partial charge in [0.1, 0.15) is 18.2 Å². The van der Waals surface area contributed by atoms with Crippen LogP contribution in [0.5, 0.6) is 5.75 Å².